The van der Waals surface area contributed by atoms with E-state index in [1.165, 1.54) is 7.11 Å². The lowest BCUT2D eigenvalue weighted by Crippen LogP contribution is -2.31. The molecule has 0 atom stereocenters. The SMILES string of the molecule is COC(=O)N1CCCOc2cc(N)ccc21. The van der Waals surface area contributed by atoms with E-state index >= 15 is 0 Å². The van der Waals surface area contributed by atoms with Gasteiger partial charge in [-0.2, -0.15) is 0 Å². The van der Waals surface area contributed by atoms with Crippen molar-refractivity contribution in [3.63, 3.8) is 0 Å². The second kappa shape index (κ2) is 4.30. The van der Waals surface area contributed by atoms with Crippen molar-refractivity contribution in [3.8, 4) is 5.75 Å². The highest BCUT2D eigenvalue weighted by Crippen LogP contribution is 2.32. The van der Waals surface area contributed by atoms with E-state index < -0.39 is 0 Å². The van der Waals surface area contributed by atoms with E-state index in [0.29, 0.717) is 30.3 Å². The van der Waals surface area contributed by atoms with Crippen LogP contribution in [0.5, 0.6) is 5.75 Å². The Balaban J connectivity index is 2.40. The third kappa shape index (κ3) is 1.88. The van der Waals surface area contributed by atoms with Crippen LogP contribution in [0, 0.1) is 0 Å². The number of hydrogen-bond acceptors (Lipinski definition) is 4. The first-order valence-electron chi connectivity index (χ1n) is 5.10. The summed E-state index contributed by atoms with van der Waals surface area (Å²) in [4.78, 5) is 13.1. The number of methoxy groups -OCH3 is 1. The summed E-state index contributed by atoms with van der Waals surface area (Å²) in [5, 5.41) is 0. The van der Waals surface area contributed by atoms with Gasteiger partial charge >= 0.3 is 6.09 Å². The van der Waals surface area contributed by atoms with Gasteiger partial charge in [0.1, 0.15) is 5.75 Å². The third-order valence-corrected chi connectivity index (χ3v) is 2.45. The summed E-state index contributed by atoms with van der Waals surface area (Å²) >= 11 is 0. The molecule has 16 heavy (non-hydrogen) atoms. The van der Waals surface area contributed by atoms with Crippen molar-refractivity contribution < 1.29 is 14.3 Å². The quantitative estimate of drug-likeness (QED) is 0.677. The Bertz CT molecular complexity index is 406. The number of carbonyl (C=O) groups is 1. The lowest BCUT2D eigenvalue weighted by atomic mass is 10.2. The van der Waals surface area contributed by atoms with Gasteiger partial charge in [0.25, 0.3) is 0 Å². The maximum atomic E-state index is 11.6. The van der Waals surface area contributed by atoms with Gasteiger partial charge in [-0.15, -0.1) is 0 Å². The van der Waals surface area contributed by atoms with Gasteiger partial charge in [0.15, 0.2) is 0 Å². The molecule has 0 saturated heterocycles. The molecule has 2 rings (SSSR count). The first-order chi connectivity index (χ1) is 7.72. The molecule has 5 nitrogen and oxygen atoms in total. The topological polar surface area (TPSA) is 64.8 Å². The Labute approximate surface area is 93.7 Å². The average Bonchev–Trinajstić information content (AvgIpc) is 2.49. The average molecular weight is 222 g/mol. The van der Waals surface area contributed by atoms with Gasteiger partial charge in [-0.1, -0.05) is 0 Å². The van der Waals surface area contributed by atoms with Gasteiger partial charge < -0.3 is 15.2 Å². The Hall–Kier alpha value is -1.91. The molecule has 0 saturated carbocycles. The summed E-state index contributed by atoms with van der Waals surface area (Å²) in [5.74, 6) is 0.628. The zero-order valence-electron chi connectivity index (χ0n) is 9.10. The van der Waals surface area contributed by atoms with E-state index in [2.05, 4.69) is 0 Å². The van der Waals surface area contributed by atoms with Gasteiger partial charge in [-0.25, -0.2) is 4.79 Å². The first-order valence-corrected chi connectivity index (χ1v) is 5.10. The second-order valence-corrected chi connectivity index (χ2v) is 3.55. The lowest BCUT2D eigenvalue weighted by molar-refractivity contribution is 0.178. The van der Waals surface area contributed by atoms with Crippen LogP contribution in [0.3, 0.4) is 0 Å². The van der Waals surface area contributed by atoms with Gasteiger partial charge in [0.05, 0.1) is 19.4 Å². The molecule has 0 fully saturated rings. The smallest absolute Gasteiger partial charge is 0.414 e. The first kappa shape index (κ1) is 10.6. The van der Waals surface area contributed by atoms with E-state index in [1.807, 2.05) is 0 Å². The zero-order chi connectivity index (χ0) is 11.5. The second-order valence-electron chi connectivity index (χ2n) is 3.55. The number of amides is 1. The Morgan fingerprint density at radius 2 is 2.38 bits per heavy atom. The van der Waals surface area contributed by atoms with Crippen molar-refractivity contribution in [2.24, 2.45) is 0 Å². The molecule has 1 aliphatic rings. The number of fused-ring (bicyclic) bond motifs is 1. The molecular weight excluding hydrogens is 208 g/mol. The molecule has 0 spiro atoms. The molecule has 0 bridgehead atoms. The maximum absolute atomic E-state index is 11.6. The fourth-order valence-electron chi connectivity index (χ4n) is 1.69. The third-order valence-electron chi connectivity index (χ3n) is 2.45. The maximum Gasteiger partial charge on any atom is 0.414 e. The summed E-state index contributed by atoms with van der Waals surface area (Å²) in [6.07, 6.45) is 0.389. The van der Waals surface area contributed by atoms with Gasteiger partial charge in [-0.05, 0) is 18.6 Å². The van der Waals surface area contributed by atoms with E-state index in [1.54, 1.807) is 23.1 Å². The van der Waals surface area contributed by atoms with Crippen LogP contribution in [0.15, 0.2) is 18.2 Å². The number of benzene rings is 1. The van der Waals surface area contributed by atoms with E-state index in [9.17, 15) is 4.79 Å². The van der Waals surface area contributed by atoms with Crippen molar-refractivity contribution in [2.75, 3.05) is 30.9 Å². The van der Waals surface area contributed by atoms with Crippen molar-refractivity contribution in [3.05, 3.63) is 18.2 Å². The van der Waals surface area contributed by atoms with E-state index in [-0.39, 0.29) is 6.09 Å². The zero-order valence-corrected chi connectivity index (χ0v) is 9.10. The van der Waals surface area contributed by atoms with Crippen LogP contribution in [0.1, 0.15) is 6.42 Å². The highest BCUT2D eigenvalue weighted by Gasteiger charge is 2.22. The summed E-state index contributed by atoms with van der Waals surface area (Å²) in [6, 6.07) is 5.23. The number of rotatable bonds is 0. The van der Waals surface area contributed by atoms with Gasteiger partial charge in [0, 0.05) is 18.3 Å². The molecule has 86 valence electrons. The number of carbonyl (C=O) groups excluding carboxylic acids is 1. The number of nitrogens with two attached hydrogens (primary N) is 1. The number of nitrogen functional groups attached to an aromatic ring is 1. The summed E-state index contributed by atoms with van der Waals surface area (Å²) in [6.45, 7) is 1.16. The highest BCUT2D eigenvalue weighted by atomic mass is 16.5. The fourth-order valence-corrected chi connectivity index (χ4v) is 1.69. The fraction of sp³-hybridized carbons (Fsp3) is 0.364. The van der Waals surface area contributed by atoms with Crippen molar-refractivity contribution in [1.29, 1.82) is 0 Å². The van der Waals surface area contributed by atoms with Crippen LogP contribution in [0.2, 0.25) is 0 Å². The number of nitrogens with zero attached hydrogens (tertiary/aromatic N) is 1. The Morgan fingerprint density at radius 1 is 1.56 bits per heavy atom. The number of ether oxygens (including phenoxy) is 2. The molecule has 0 radical (unpaired) electrons. The minimum atomic E-state index is -0.378. The minimum Gasteiger partial charge on any atom is -0.491 e. The van der Waals surface area contributed by atoms with Crippen LogP contribution in [-0.4, -0.2) is 26.4 Å². The van der Waals surface area contributed by atoms with Crippen LogP contribution in [0.25, 0.3) is 0 Å². The molecule has 1 aromatic rings. The highest BCUT2D eigenvalue weighted by molar-refractivity contribution is 5.90. The van der Waals surface area contributed by atoms with Gasteiger partial charge in [-0.3, -0.25) is 4.90 Å². The van der Waals surface area contributed by atoms with Crippen LogP contribution < -0.4 is 15.4 Å². The summed E-state index contributed by atoms with van der Waals surface area (Å²) < 4.78 is 10.3. The van der Waals surface area contributed by atoms with Crippen molar-refractivity contribution >= 4 is 17.5 Å². The monoisotopic (exact) mass is 222 g/mol. The van der Waals surface area contributed by atoms with Crippen LogP contribution in [-0.2, 0) is 4.74 Å². The minimum absolute atomic E-state index is 0.378. The molecule has 1 aliphatic heterocycles. The molecule has 0 aromatic heterocycles. The van der Waals surface area contributed by atoms with Crippen molar-refractivity contribution in [1.82, 2.24) is 0 Å². The molecule has 1 amide bonds. The van der Waals surface area contributed by atoms with Crippen molar-refractivity contribution in [2.45, 2.75) is 6.42 Å². The predicted molar refractivity (Wildman–Crippen MR) is 60.7 cm³/mol. The van der Waals surface area contributed by atoms with E-state index in [0.717, 1.165) is 6.42 Å². The molecule has 2 N–H and O–H groups in total. The van der Waals surface area contributed by atoms with Crippen LogP contribution >= 0.6 is 0 Å². The molecule has 1 aromatic carbocycles. The Morgan fingerprint density at radius 3 is 3.12 bits per heavy atom. The predicted octanol–water partition coefficient (Wildman–Crippen LogP) is 1.62. The molecule has 1 heterocycles. The summed E-state index contributed by atoms with van der Waals surface area (Å²) in [5.41, 5.74) is 7.00. The molecule has 0 aliphatic carbocycles. The standard InChI is InChI=1S/C11H14N2O3/c1-15-11(14)13-5-2-6-16-10-7-8(12)3-4-9(10)13/h3-4,7H,2,5-6,12H2,1H3. The van der Waals surface area contributed by atoms with Crippen LogP contribution in [0.4, 0.5) is 16.2 Å². The normalized spacial score (nSPS) is 14.7. The molecule has 0 unspecified atom stereocenters. The largest absolute Gasteiger partial charge is 0.491 e. The number of hydrogen-bond donors (Lipinski definition) is 1. The number of anilines is 2. The van der Waals surface area contributed by atoms with Gasteiger partial charge in [0.2, 0.25) is 0 Å². The molecule has 5 heteroatoms. The Kier molecular flexibility index (Phi) is 2.85. The van der Waals surface area contributed by atoms with E-state index in [4.69, 9.17) is 15.2 Å². The summed E-state index contributed by atoms with van der Waals surface area (Å²) in [7, 11) is 1.37. The lowest BCUT2D eigenvalue weighted by Gasteiger charge is -2.20. The molecular formula is C11H14N2O3.